The molecule has 194 valence electrons. The SMILES string of the molecule is O=C(NCc1cccc(Cl)c1F)[C@@H]1[C@H]2C[C@H]2CN1C(=O)Cc1cn(C(=O)O)c2ccc(OCCO)cc12. The Morgan fingerprint density at radius 2 is 2.00 bits per heavy atom. The molecule has 37 heavy (non-hydrogen) atoms. The molecule has 1 aromatic heterocycles. The van der Waals surface area contributed by atoms with Crippen molar-refractivity contribution in [1.82, 2.24) is 14.8 Å². The van der Waals surface area contributed by atoms with Gasteiger partial charge in [-0.3, -0.25) is 14.2 Å². The average Bonchev–Trinajstić information content (AvgIpc) is 3.39. The number of piperidine rings is 1. The number of benzene rings is 2. The summed E-state index contributed by atoms with van der Waals surface area (Å²) in [6.07, 6.45) is 0.943. The minimum Gasteiger partial charge on any atom is -0.491 e. The van der Waals surface area contributed by atoms with Gasteiger partial charge in [0.15, 0.2) is 0 Å². The molecule has 9 nitrogen and oxygen atoms in total. The van der Waals surface area contributed by atoms with Crippen LogP contribution in [0.4, 0.5) is 9.18 Å². The summed E-state index contributed by atoms with van der Waals surface area (Å²) in [7, 11) is 0. The molecule has 1 aliphatic carbocycles. The first-order chi connectivity index (χ1) is 17.8. The Balaban J connectivity index is 1.34. The molecule has 0 spiro atoms. The maximum Gasteiger partial charge on any atom is 0.416 e. The average molecular weight is 530 g/mol. The summed E-state index contributed by atoms with van der Waals surface area (Å²) >= 11 is 5.83. The lowest BCUT2D eigenvalue weighted by molar-refractivity contribution is -0.139. The van der Waals surface area contributed by atoms with Gasteiger partial charge in [-0.05, 0) is 48.1 Å². The van der Waals surface area contributed by atoms with Crippen LogP contribution >= 0.6 is 11.6 Å². The van der Waals surface area contributed by atoms with Gasteiger partial charge in [-0.1, -0.05) is 23.7 Å². The Morgan fingerprint density at radius 1 is 1.19 bits per heavy atom. The van der Waals surface area contributed by atoms with Crippen LogP contribution in [0.5, 0.6) is 5.75 Å². The second-order valence-electron chi connectivity index (χ2n) is 9.32. The highest BCUT2D eigenvalue weighted by Gasteiger charge is 2.56. The molecule has 2 amide bonds. The fraction of sp³-hybridized carbons (Fsp3) is 0.346. The van der Waals surface area contributed by atoms with Crippen LogP contribution in [0, 0.1) is 17.7 Å². The molecule has 11 heteroatoms. The van der Waals surface area contributed by atoms with Gasteiger partial charge >= 0.3 is 6.09 Å². The summed E-state index contributed by atoms with van der Waals surface area (Å²) in [5, 5.41) is 21.9. The first-order valence-electron chi connectivity index (χ1n) is 11.9. The number of aliphatic hydroxyl groups excluding tert-OH is 1. The first kappa shape index (κ1) is 25.0. The van der Waals surface area contributed by atoms with Gasteiger partial charge in [0.25, 0.3) is 0 Å². The molecular formula is C26H25ClFN3O6. The van der Waals surface area contributed by atoms with E-state index in [1.807, 2.05) is 0 Å². The zero-order chi connectivity index (χ0) is 26.3. The predicted octanol–water partition coefficient (Wildman–Crippen LogP) is 3.04. The number of carbonyl (C=O) groups excluding carboxylic acids is 2. The van der Waals surface area contributed by atoms with Crippen molar-refractivity contribution in [3.63, 3.8) is 0 Å². The Morgan fingerprint density at radius 3 is 2.76 bits per heavy atom. The number of nitrogens with zero attached hydrogens (tertiary/aromatic N) is 2. The zero-order valence-corrected chi connectivity index (χ0v) is 20.4. The maximum atomic E-state index is 14.2. The third-order valence-corrected chi connectivity index (χ3v) is 7.28. The van der Waals surface area contributed by atoms with Crippen molar-refractivity contribution >= 4 is 40.4 Å². The number of fused-ring (bicyclic) bond motifs is 2. The van der Waals surface area contributed by atoms with E-state index in [2.05, 4.69) is 5.32 Å². The summed E-state index contributed by atoms with van der Waals surface area (Å²) in [5.74, 6) is -0.525. The number of aromatic nitrogens is 1. The molecule has 1 aliphatic heterocycles. The number of hydrogen-bond donors (Lipinski definition) is 3. The fourth-order valence-corrected chi connectivity index (χ4v) is 5.32. The molecule has 0 bridgehead atoms. The van der Waals surface area contributed by atoms with Gasteiger partial charge in [0, 0.05) is 30.2 Å². The van der Waals surface area contributed by atoms with Crippen LogP contribution in [-0.2, 0) is 22.6 Å². The number of carbonyl (C=O) groups is 3. The highest BCUT2D eigenvalue weighted by Crippen LogP contribution is 2.49. The van der Waals surface area contributed by atoms with E-state index in [9.17, 15) is 23.9 Å². The lowest BCUT2D eigenvalue weighted by Gasteiger charge is -2.27. The number of ether oxygens (including phenoxy) is 1. The van der Waals surface area contributed by atoms with Gasteiger partial charge in [-0.15, -0.1) is 0 Å². The quantitative estimate of drug-likeness (QED) is 0.412. The van der Waals surface area contributed by atoms with Gasteiger partial charge in [-0.25, -0.2) is 9.18 Å². The molecule has 2 fully saturated rings. The van der Waals surface area contributed by atoms with Crippen LogP contribution in [0.3, 0.4) is 0 Å². The molecule has 0 unspecified atom stereocenters. The van der Waals surface area contributed by atoms with E-state index >= 15 is 0 Å². The third kappa shape index (κ3) is 4.86. The van der Waals surface area contributed by atoms with E-state index in [0.717, 1.165) is 11.0 Å². The Labute approximate surface area is 216 Å². The molecular weight excluding hydrogens is 505 g/mol. The molecule has 2 aliphatic rings. The number of rotatable bonds is 8. The van der Waals surface area contributed by atoms with Gasteiger partial charge in [-0.2, -0.15) is 0 Å². The monoisotopic (exact) mass is 529 g/mol. The standard InChI is InChI=1S/C26H25ClFN3O6/c27-20-3-1-2-14(23(20)28)11-29-25(34)24-19-8-15(19)13-31(24)22(33)9-16-12-30(26(35)36)21-5-4-17(10-18(16)21)37-7-6-32/h1-5,10,12,15,19,24,32H,6-9,11,13H2,(H,29,34)(H,35,36)/t15-,19-,24-/m0/s1. The van der Waals surface area contributed by atoms with E-state index in [1.165, 1.54) is 18.3 Å². The summed E-state index contributed by atoms with van der Waals surface area (Å²) in [6.45, 7) is 0.287. The fourth-order valence-electron chi connectivity index (χ4n) is 5.12. The molecule has 1 saturated carbocycles. The largest absolute Gasteiger partial charge is 0.491 e. The van der Waals surface area contributed by atoms with Crippen molar-refractivity contribution in [1.29, 1.82) is 0 Å². The number of carboxylic acid groups (broad SMARTS) is 1. The van der Waals surface area contributed by atoms with Crippen LogP contribution in [0.25, 0.3) is 10.9 Å². The number of hydrogen-bond acceptors (Lipinski definition) is 5. The van der Waals surface area contributed by atoms with Gasteiger partial charge in [0.05, 0.1) is 23.6 Å². The Hall–Kier alpha value is -3.63. The molecule has 3 atom stereocenters. The van der Waals surface area contributed by atoms with Gasteiger partial charge in [0.2, 0.25) is 11.8 Å². The molecule has 3 aromatic rings. The third-order valence-electron chi connectivity index (χ3n) is 6.99. The number of halogens is 2. The second-order valence-corrected chi connectivity index (χ2v) is 9.72. The van der Waals surface area contributed by atoms with Crippen molar-refractivity contribution in [2.24, 2.45) is 11.8 Å². The number of nitrogens with one attached hydrogen (secondary N) is 1. The molecule has 3 N–H and O–H groups in total. The minimum atomic E-state index is -1.19. The number of aliphatic hydroxyl groups is 1. The van der Waals surface area contributed by atoms with Crippen LogP contribution in [0.1, 0.15) is 17.5 Å². The van der Waals surface area contributed by atoms with Crippen LogP contribution in [0.15, 0.2) is 42.6 Å². The maximum absolute atomic E-state index is 14.2. The van der Waals surface area contributed by atoms with Gasteiger partial charge < -0.3 is 25.2 Å². The van der Waals surface area contributed by atoms with E-state index in [-0.39, 0.29) is 60.4 Å². The van der Waals surface area contributed by atoms with Crippen LogP contribution in [-0.4, -0.2) is 63.4 Å². The summed E-state index contributed by atoms with van der Waals surface area (Å²) < 4.78 is 20.7. The summed E-state index contributed by atoms with van der Waals surface area (Å²) in [5.41, 5.74) is 1.14. The molecule has 2 aromatic carbocycles. The minimum absolute atomic E-state index is 0.0304. The molecule has 0 radical (unpaired) electrons. The topological polar surface area (TPSA) is 121 Å². The van der Waals surface area contributed by atoms with E-state index < -0.39 is 18.0 Å². The molecule has 1 saturated heterocycles. The van der Waals surface area contributed by atoms with Crippen molar-refractivity contribution in [3.05, 3.63) is 64.6 Å². The highest BCUT2D eigenvalue weighted by molar-refractivity contribution is 6.30. The summed E-state index contributed by atoms with van der Waals surface area (Å²) in [6, 6.07) is 8.71. The first-order valence-corrected chi connectivity index (χ1v) is 12.3. The normalized spacial score (nSPS) is 20.1. The number of likely N-dealkylation sites (tertiary alicyclic amines) is 1. The lowest BCUT2D eigenvalue weighted by atomic mass is 10.1. The Kier molecular flexibility index (Phi) is 6.78. The van der Waals surface area contributed by atoms with Crippen LogP contribution in [0.2, 0.25) is 5.02 Å². The summed E-state index contributed by atoms with van der Waals surface area (Å²) in [4.78, 5) is 39.8. The van der Waals surface area contributed by atoms with Crippen molar-refractivity contribution in [2.45, 2.75) is 25.4 Å². The van der Waals surface area contributed by atoms with Crippen molar-refractivity contribution < 1.29 is 33.7 Å². The van der Waals surface area contributed by atoms with Gasteiger partial charge in [0.1, 0.15) is 24.2 Å². The second kappa shape index (κ2) is 10.0. The molecule has 2 heterocycles. The van der Waals surface area contributed by atoms with Crippen LogP contribution < -0.4 is 10.1 Å². The number of amides is 2. The zero-order valence-electron chi connectivity index (χ0n) is 19.7. The smallest absolute Gasteiger partial charge is 0.416 e. The predicted molar refractivity (Wildman–Crippen MR) is 132 cm³/mol. The van der Waals surface area contributed by atoms with E-state index in [1.54, 1.807) is 29.2 Å². The van der Waals surface area contributed by atoms with E-state index in [4.69, 9.17) is 21.4 Å². The lowest BCUT2D eigenvalue weighted by Crippen LogP contribution is -2.48. The highest BCUT2D eigenvalue weighted by atomic mass is 35.5. The van der Waals surface area contributed by atoms with Crippen molar-refractivity contribution in [2.75, 3.05) is 19.8 Å². The van der Waals surface area contributed by atoms with E-state index in [0.29, 0.717) is 28.8 Å². The Bertz CT molecular complexity index is 1390. The molecule has 5 rings (SSSR count). The van der Waals surface area contributed by atoms with Crippen molar-refractivity contribution in [3.8, 4) is 5.75 Å².